The Morgan fingerprint density at radius 1 is 1.22 bits per heavy atom. The highest BCUT2D eigenvalue weighted by molar-refractivity contribution is 5.76. The van der Waals surface area contributed by atoms with Crippen molar-refractivity contribution in [1.29, 1.82) is 0 Å². The summed E-state index contributed by atoms with van der Waals surface area (Å²) in [5, 5.41) is 20.1. The van der Waals surface area contributed by atoms with E-state index in [2.05, 4.69) is 5.32 Å². The molecular formula is C13H23NO4. The molecule has 1 amide bonds. The third-order valence-corrected chi connectivity index (χ3v) is 3.53. The predicted molar refractivity (Wildman–Crippen MR) is 67.1 cm³/mol. The van der Waals surface area contributed by atoms with Crippen molar-refractivity contribution in [3.63, 3.8) is 0 Å². The zero-order valence-electron chi connectivity index (χ0n) is 10.7. The maximum absolute atomic E-state index is 11.5. The Labute approximate surface area is 108 Å². The van der Waals surface area contributed by atoms with Gasteiger partial charge in [0.25, 0.3) is 0 Å². The number of hydrogen-bond donors (Lipinski definition) is 3. The highest BCUT2D eigenvalue weighted by Gasteiger charge is 2.15. The minimum atomic E-state index is -1.39. The van der Waals surface area contributed by atoms with Crippen LogP contribution in [0.4, 0.5) is 0 Å². The Morgan fingerprint density at radius 2 is 1.89 bits per heavy atom. The first-order valence-electron chi connectivity index (χ1n) is 6.77. The number of aliphatic hydroxyl groups excluding tert-OH is 1. The summed E-state index contributed by atoms with van der Waals surface area (Å²) < 4.78 is 0. The Kier molecular flexibility index (Phi) is 6.72. The molecule has 1 aliphatic carbocycles. The number of aliphatic carboxylic acids is 1. The van der Waals surface area contributed by atoms with Gasteiger partial charge in [-0.25, -0.2) is 4.79 Å². The second kappa shape index (κ2) is 8.08. The standard InChI is InChI=1S/C13H23NO4/c15-11(13(17)18)8-9-14-12(16)7-6-10-4-2-1-3-5-10/h10-11,15H,1-9H2,(H,14,16)(H,17,18). The molecule has 18 heavy (non-hydrogen) atoms. The van der Waals surface area contributed by atoms with E-state index in [1.54, 1.807) is 0 Å². The largest absolute Gasteiger partial charge is 0.479 e. The molecule has 1 fully saturated rings. The fourth-order valence-corrected chi connectivity index (χ4v) is 2.37. The van der Waals surface area contributed by atoms with Gasteiger partial charge in [0.05, 0.1) is 0 Å². The number of carbonyl (C=O) groups is 2. The molecule has 0 spiro atoms. The van der Waals surface area contributed by atoms with E-state index in [4.69, 9.17) is 10.2 Å². The molecule has 0 aromatic rings. The lowest BCUT2D eigenvalue weighted by Crippen LogP contribution is -2.30. The Balaban J connectivity index is 2.04. The van der Waals surface area contributed by atoms with Crippen molar-refractivity contribution < 1.29 is 19.8 Å². The van der Waals surface area contributed by atoms with Gasteiger partial charge in [-0.15, -0.1) is 0 Å². The SMILES string of the molecule is O=C(CCC1CCCCC1)NCCC(O)C(=O)O. The smallest absolute Gasteiger partial charge is 0.332 e. The van der Waals surface area contributed by atoms with Gasteiger partial charge in [0.2, 0.25) is 5.91 Å². The number of carboxylic acid groups (broad SMARTS) is 1. The fraction of sp³-hybridized carbons (Fsp3) is 0.846. The van der Waals surface area contributed by atoms with Gasteiger partial charge < -0.3 is 15.5 Å². The summed E-state index contributed by atoms with van der Waals surface area (Å²) >= 11 is 0. The number of rotatable bonds is 7. The molecule has 0 saturated heterocycles. The number of carboxylic acids is 1. The summed E-state index contributed by atoms with van der Waals surface area (Å²) in [6, 6.07) is 0. The number of amides is 1. The van der Waals surface area contributed by atoms with Crippen LogP contribution in [0.5, 0.6) is 0 Å². The van der Waals surface area contributed by atoms with Crippen LogP contribution in [0, 0.1) is 5.92 Å². The van der Waals surface area contributed by atoms with E-state index in [0.29, 0.717) is 12.3 Å². The molecule has 0 heterocycles. The predicted octanol–water partition coefficient (Wildman–Crippen LogP) is 1.30. The average molecular weight is 257 g/mol. The molecule has 104 valence electrons. The lowest BCUT2D eigenvalue weighted by molar-refractivity contribution is -0.147. The van der Waals surface area contributed by atoms with Crippen molar-refractivity contribution in [3.8, 4) is 0 Å². The third-order valence-electron chi connectivity index (χ3n) is 3.53. The third kappa shape index (κ3) is 6.00. The van der Waals surface area contributed by atoms with E-state index in [9.17, 15) is 9.59 Å². The Bertz CT molecular complexity index is 274. The summed E-state index contributed by atoms with van der Waals surface area (Å²) in [5.41, 5.74) is 0. The van der Waals surface area contributed by atoms with Crippen LogP contribution in [0.2, 0.25) is 0 Å². The molecule has 0 aliphatic heterocycles. The topological polar surface area (TPSA) is 86.6 Å². The normalized spacial score (nSPS) is 18.3. The number of nitrogens with one attached hydrogen (secondary N) is 1. The van der Waals surface area contributed by atoms with Gasteiger partial charge in [-0.3, -0.25) is 4.79 Å². The molecule has 0 aromatic carbocycles. The van der Waals surface area contributed by atoms with Gasteiger partial charge >= 0.3 is 5.97 Å². The van der Waals surface area contributed by atoms with Crippen molar-refractivity contribution >= 4 is 11.9 Å². The van der Waals surface area contributed by atoms with E-state index >= 15 is 0 Å². The van der Waals surface area contributed by atoms with Gasteiger partial charge in [0.1, 0.15) is 0 Å². The van der Waals surface area contributed by atoms with Crippen molar-refractivity contribution in [2.24, 2.45) is 5.92 Å². The zero-order chi connectivity index (χ0) is 13.4. The summed E-state index contributed by atoms with van der Waals surface area (Å²) in [4.78, 5) is 21.8. The minimum Gasteiger partial charge on any atom is -0.479 e. The summed E-state index contributed by atoms with van der Waals surface area (Å²) in [6.45, 7) is 0.219. The molecule has 0 bridgehead atoms. The van der Waals surface area contributed by atoms with Gasteiger partial charge in [0, 0.05) is 19.4 Å². The number of hydrogen-bond acceptors (Lipinski definition) is 3. The van der Waals surface area contributed by atoms with E-state index in [1.807, 2.05) is 0 Å². The van der Waals surface area contributed by atoms with Crippen LogP contribution >= 0.6 is 0 Å². The molecule has 1 aliphatic rings. The number of carbonyl (C=O) groups excluding carboxylic acids is 1. The first-order valence-corrected chi connectivity index (χ1v) is 6.77. The van der Waals surface area contributed by atoms with E-state index in [-0.39, 0.29) is 18.9 Å². The molecule has 0 radical (unpaired) electrons. The molecule has 1 rings (SSSR count). The van der Waals surface area contributed by atoms with Crippen molar-refractivity contribution in [3.05, 3.63) is 0 Å². The quantitative estimate of drug-likeness (QED) is 0.641. The zero-order valence-corrected chi connectivity index (χ0v) is 10.7. The van der Waals surface area contributed by atoms with Crippen LogP contribution in [0.3, 0.4) is 0 Å². The molecular weight excluding hydrogens is 234 g/mol. The fourth-order valence-electron chi connectivity index (χ4n) is 2.37. The lowest BCUT2D eigenvalue weighted by atomic mass is 9.86. The molecule has 1 saturated carbocycles. The Hall–Kier alpha value is -1.10. The molecule has 3 N–H and O–H groups in total. The van der Waals surface area contributed by atoms with Crippen LogP contribution in [0.1, 0.15) is 51.4 Å². The van der Waals surface area contributed by atoms with Crippen LogP contribution in [0.25, 0.3) is 0 Å². The van der Waals surface area contributed by atoms with E-state index in [0.717, 1.165) is 6.42 Å². The average Bonchev–Trinajstić information content (AvgIpc) is 2.37. The van der Waals surface area contributed by atoms with Gasteiger partial charge in [-0.05, 0) is 12.3 Å². The summed E-state index contributed by atoms with van der Waals surface area (Å²) in [6.07, 6.45) is 6.43. The highest BCUT2D eigenvalue weighted by Crippen LogP contribution is 2.27. The molecule has 5 nitrogen and oxygen atoms in total. The second-order valence-electron chi connectivity index (χ2n) is 5.04. The van der Waals surface area contributed by atoms with Crippen LogP contribution in [-0.4, -0.2) is 34.7 Å². The van der Waals surface area contributed by atoms with Crippen LogP contribution in [-0.2, 0) is 9.59 Å². The van der Waals surface area contributed by atoms with Crippen LogP contribution in [0.15, 0.2) is 0 Å². The summed E-state index contributed by atoms with van der Waals surface area (Å²) in [5.74, 6) is -0.612. The van der Waals surface area contributed by atoms with Gasteiger partial charge in [-0.2, -0.15) is 0 Å². The molecule has 0 aromatic heterocycles. The van der Waals surface area contributed by atoms with Gasteiger partial charge in [-0.1, -0.05) is 32.1 Å². The van der Waals surface area contributed by atoms with E-state index < -0.39 is 12.1 Å². The van der Waals surface area contributed by atoms with Crippen LogP contribution < -0.4 is 5.32 Å². The van der Waals surface area contributed by atoms with Gasteiger partial charge in [0.15, 0.2) is 6.10 Å². The van der Waals surface area contributed by atoms with Crippen molar-refractivity contribution in [2.75, 3.05) is 6.54 Å². The molecule has 1 atom stereocenters. The molecule has 5 heteroatoms. The second-order valence-corrected chi connectivity index (χ2v) is 5.04. The maximum Gasteiger partial charge on any atom is 0.332 e. The van der Waals surface area contributed by atoms with E-state index in [1.165, 1.54) is 32.1 Å². The lowest BCUT2D eigenvalue weighted by Gasteiger charge is -2.21. The first kappa shape index (κ1) is 15.0. The van der Waals surface area contributed by atoms with Crippen molar-refractivity contribution in [1.82, 2.24) is 5.32 Å². The maximum atomic E-state index is 11.5. The first-order chi connectivity index (χ1) is 8.59. The minimum absolute atomic E-state index is 0.0434. The number of aliphatic hydroxyl groups is 1. The molecule has 1 unspecified atom stereocenters. The monoisotopic (exact) mass is 257 g/mol. The highest BCUT2D eigenvalue weighted by atomic mass is 16.4. The summed E-state index contributed by atoms with van der Waals surface area (Å²) in [7, 11) is 0. The van der Waals surface area contributed by atoms with Crippen molar-refractivity contribution in [2.45, 2.75) is 57.5 Å². The Morgan fingerprint density at radius 3 is 2.50 bits per heavy atom.